The van der Waals surface area contributed by atoms with E-state index in [0.29, 0.717) is 4.88 Å². The zero-order valence-electron chi connectivity index (χ0n) is 17.3. The third-order valence-electron chi connectivity index (χ3n) is 4.81. The van der Waals surface area contributed by atoms with Crippen molar-refractivity contribution in [1.82, 2.24) is 0 Å². The van der Waals surface area contributed by atoms with Crippen LogP contribution in [0.2, 0.25) is 0 Å². The molecule has 2 aromatic carbocycles. The van der Waals surface area contributed by atoms with Crippen LogP contribution in [0.5, 0.6) is 0 Å². The van der Waals surface area contributed by atoms with Crippen molar-refractivity contribution in [2.24, 2.45) is 4.99 Å². The van der Waals surface area contributed by atoms with Crippen LogP contribution in [0.1, 0.15) is 41.6 Å². The Bertz CT molecular complexity index is 1110. The molecule has 0 saturated heterocycles. The van der Waals surface area contributed by atoms with Gasteiger partial charge in [0, 0.05) is 34.6 Å². The fourth-order valence-corrected chi connectivity index (χ4v) is 4.36. The molecule has 0 aliphatic carbocycles. The first kappa shape index (κ1) is 19.5. The molecule has 0 fully saturated rings. The van der Waals surface area contributed by atoms with Crippen molar-refractivity contribution in [2.45, 2.75) is 39.6 Å². The zero-order valence-corrected chi connectivity index (χ0v) is 18.1. The van der Waals surface area contributed by atoms with Gasteiger partial charge >= 0.3 is 5.97 Å². The lowest BCUT2D eigenvalue weighted by atomic mass is 10.1. The number of aliphatic imine (C=N–C) groups is 1. The van der Waals surface area contributed by atoms with Gasteiger partial charge in [-0.25, -0.2) is 9.79 Å². The van der Waals surface area contributed by atoms with Crippen LogP contribution >= 0.6 is 11.3 Å². The molecule has 1 atom stereocenters. The molecule has 0 amide bonds. The largest absolute Gasteiger partial charge is 0.456 e. The van der Waals surface area contributed by atoms with E-state index >= 15 is 0 Å². The molecule has 3 aromatic rings. The molecule has 6 heteroatoms. The zero-order chi connectivity index (χ0) is 20.8. The number of para-hydroxylation sites is 1. The highest BCUT2D eigenvalue weighted by Gasteiger charge is 2.26. The standard InChI is InChI=1S/C23H25N3O2S/c1-14-8-6-7-9-17(14)25-22-24-13-15-10-11-18-16(20(15)26(22)5)12-19(29-18)21(27)28-23(2,3)4/h6-13,22,25H,1-5H3. The Morgan fingerprint density at radius 2 is 1.97 bits per heavy atom. The van der Waals surface area contributed by atoms with Gasteiger partial charge in [-0.3, -0.25) is 0 Å². The average Bonchev–Trinajstić information content (AvgIpc) is 3.08. The lowest BCUT2D eigenvalue weighted by Gasteiger charge is -2.33. The number of anilines is 2. The molecular formula is C23H25N3O2S. The van der Waals surface area contributed by atoms with Crippen LogP contribution in [-0.4, -0.2) is 31.1 Å². The van der Waals surface area contributed by atoms with Gasteiger partial charge in [-0.2, -0.15) is 0 Å². The van der Waals surface area contributed by atoms with Gasteiger partial charge in [-0.1, -0.05) is 18.2 Å². The normalized spacial score (nSPS) is 16.0. The van der Waals surface area contributed by atoms with Crippen molar-refractivity contribution in [1.29, 1.82) is 0 Å². The van der Waals surface area contributed by atoms with E-state index in [1.54, 1.807) is 0 Å². The molecule has 4 rings (SSSR count). The maximum absolute atomic E-state index is 12.6. The predicted octanol–water partition coefficient (Wildman–Crippen LogP) is 5.43. The van der Waals surface area contributed by atoms with E-state index < -0.39 is 5.60 Å². The number of esters is 1. The Kier molecular flexibility index (Phi) is 4.82. The number of carbonyl (C=O) groups is 1. The number of benzene rings is 2. The highest BCUT2D eigenvalue weighted by atomic mass is 32.1. The number of thiophene rings is 1. The molecular weight excluding hydrogens is 382 g/mol. The van der Waals surface area contributed by atoms with Crippen molar-refractivity contribution in [2.75, 3.05) is 17.3 Å². The lowest BCUT2D eigenvalue weighted by Crippen LogP contribution is -2.39. The molecule has 1 unspecified atom stereocenters. The predicted molar refractivity (Wildman–Crippen MR) is 122 cm³/mol. The summed E-state index contributed by atoms with van der Waals surface area (Å²) < 4.78 is 6.61. The number of hydrogen-bond acceptors (Lipinski definition) is 6. The summed E-state index contributed by atoms with van der Waals surface area (Å²) in [6.07, 6.45) is 1.68. The van der Waals surface area contributed by atoms with Crippen LogP contribution < -0.4 is 10.2 Å². The molecule has 150 valence electrons. The molecule has 1 N–H and O–H groups in total. The average molecular weight is 408 g/mol. The number of fused-ring (bicyclic) bond motifs is 3. The van der Waals surface area contributed by atoms with Crippen molar-refractivity contribution in [3.63, 3.8) is 0 Å². The number of nitrogens with one attached hydrogen (secondary N) is 1. The van der Waals surface area contributed by atoms with E-state index in [0.717, 1.165) is 27.0 Å². The van der Waals surface area contributed by atoms with Crippen molar-refractivity contribution >= 4 is 45.0 Å². The van der Waals surface area contributed by atoms with E-state index in [2.05, 4.69) is 40.3 Å². The highest BCUT2D eigenvalue weighted by Crippen LogP contribution is 2.38. The minimum absolute atomic E-state index is 0.223. The Balaban J connectivity index is 1.69. The topological polar surface area (TPSA) is 53.9 Å². The summed E-state index contributed by atoms with van der Waals surface area (Å²) >= 11 is 1.46. The molecule has 0 saturated carbocycles. The van der Waals surface area contributed by atoms with Crippen LogP contribution in [0.25, 0.3) is 10.1 Å². The van der Waals surface area contributed by atoms with Crippen LogP contribution in [0.15, 0.2) is 47.5 Å². The summed E-state index contributed by atoms with van der Waals surface area (Å²) in [6.45, 7) is 7.72. The Labute approximate surface area is 175 Å². The van der Waals surface area contributed by atoms with Gasteiger partial charge in [0.2, 0.25) is 0 Å². The van der Waals surface area contributed by atoms with Crippen LogP contribution in [-0.2, 0) is 4.74 Å². The van der Waals surface area contributed by atoms with Crippen LogP contribution in [0, 0.1) is 6.92 Å². The second-order valence-electron chi connectivity index (χ2n) is 8.25. The number of rotatable bonds is 3. The Morgan fingerprint density at radius 3 is 2.69 bits per heavy atom. The Morgan fingerprint density at radius 1 is 1.21 bits per heavy atom. The molecule has 0 bridgehead atoms. The second kappa shape index (κ2) is 7.19. The van der Waals surface area contributed by atoms with E-state index in [9.17, 15) is 4.79 Å². The van der Waals surface area contributed by atoms with Crippen molar-refractivity contribution < 1.29 is 9.53 Å². The molecule has 1 aromatic heterocycles. The number of hydrogen-bond donors (Lipinski definition) is 1. The van der Waals surface area contributed by atoms with Crippen molar-refractivity contribution in [3.05, 3.63) is 58.5 Å². The fraction of sp³-hybridized carbons (Fsp3) is 0.304. The Hall–Kier alpha value is -2.86. The maximum atomic E-state index is 12.6. The number of ether oxygens (including phenoxy) is 1. The van der Waals surface area contributed by atoms with E-state index in [1.165, 1.54) is 16.9 Å². The second-order valence-corrected chi connectivity index (χ2v) is 9.33. The molecule has 1 aliphatic heterocycles. The third-order valence-corrected chi connectivity index (χ3v) is 5.89. The molecule has 0 spiro atoms. The maximum Gasteiger partial charge on any atom is 0.348 e. The van der Waals surface area contributed by atoms with Gasteiger partial charge in [-0.05, 0) is 57.5 Å². The first-order chi connectivity index (χ1) is 13.7. The number of carbonyl (C=O) groups excluding carboxylic acids is 1. The van der Waals surface area contributed by atoms with Gasteiger partial charge in [0.25, 0.3) is 0 Å². The molecule has 1 aliphatic rings. The summed E-state index contributed by atoms with van der Waals surface area (Å²) in [5.41, 5.74) is 3.81. The number of aryl methyl sites for hydroxylation is 1. The smallest absolute Gasteiger partial charge is 0.348 e. The van der Waals surface area contributed by atoms with Crippen LogP contribution in [0.3, 0.4) is 0 Å². The van der Waals surface area contributed by atoms with Gasteiger partial charge < -0.3 is 15.0 Å². The SMILES string of the molecule is Cc1ccccc1NC1N=Cc2ccc3sc(C(=O)OC(C)(C)C)cc3c2N1C. The quantitative estimate of drug-likeness (QED) is 0.588. The first-order valence-corrected chi connectivity index (χ1v) is 10.4. The van der Waals surface area contributed by atoms with Gasteiger partial charge in [0.05, 0.1) is 5.69 Å². The third kappa shape index (κ3) is 3.85. The lowest BCUT2D eigenvalue weighted by molar-refractivity contribution is 0.00753. The van der Waals surface area contributed by atoms with E-state index in [-0.39, 0.29) is 12.3 Å². The van der Waals surface area contributed by atoms with Crippen LogP contribution in [0.4, 0.5) is 11.4 Å². The van der Waals surface area contributed by atoms with E-state index in [1.807, 2.05) is 58.3 Å². The monoisotopic (exact) mass is 407 g/mol. The molecule has 29 heavy (non-hydrogen) atoms. The first-order valence-electron chi connectivity index (χ1n) is 9.61. The summed E-state index contributed by atoms with van der Waals surface area (Å²) in [5, 5.41) is 4.55. The highest BCUT2D eigenvalue weighted by molar-refractivity contribution is 7.20. The van der Waals surface area contributed by atoms with E-state index in [4.69, 9.17) is 4.74 Å². The fourth-order valence-electron chi connectivity index (χ4n) is 3.42. The summed E-state index contributed by atoms with van der Waals surface area (Å²) in [4.78, 5) is 20.0. The summed E-state index contributed by atoms with van der Waals surface area (Å²) in [7, 11) is 2.02. The summed E-state index contributed by atoms with van der Waals surface area (Å²) in [6, 6.07) is 14.2. The van der Waals surface area contributed by atoms with Gasteiger partial charge in [0.1, 0.15) is 10.5 Å². The molecule has 5 nitrogen and oxygen atoms in total. The summed E-state index contributed by atoms with van der Waals surface area (Å²) in [5.74, 6) is -0.283. The molecule has 0 radical (unpaired) electrons. The van der Waals surface area contributed by atoms with Gasteiger partial charge in [-0.15, -0.1) is 11.3 Å². The number of nitrogens with zero attached hydrogens (tertiary/aromatic N) is 2. The van der Waals surface area contributed by atoms with Crippen molar-refractivity contribution in [3.8, 4) is 0 Å². The minimum Gasteiger partial charge on any atom is -0.456 e. The van der Waals surface area contributed by atoms with Gasteiger partial charge in [0.15, 0.2) is 6.29 Å². The minimum atomic E-state index is -0.515. The molecule has 2 heterocycles.